The van der Waals surface area contributed by atoms with Crippen LogP contribution >= 0.6 is 23.2 Å². The predicted molar refractivity (Wildman–Crippen MR) is 86.0 cm³/mol. The van der Waals surface area contributed by atoms with Gasteiger partial charge in [0.15, 0.2) is 6.10 Å². The predicted octanol–water partition coefficient (Wildman–Crippen LogP) is 2.51. The Hall–Kier alpha value is -1.56. The van der Waals surface area contributed by atoms with Crippen LogP contribution in [0.25, 0.3) is 0 Å². The van der Waals surface area contributed by atoms with Crippen LogP contribution in [-0.4, -0.2) is 27.3 Å². The average Bonchev–Trinajstić information content (AvgIpc) is 2.87. The maximum absolute atomic E-state index is 11.9. The van der Waals surface area contributed by atoms with E-state index < -0.39 is 12.0 Å². The number of nitrogens with one attached hydrogen (secondary N) is 1. The molecule has 5 nitrogen and oxygen atoms in total. The Balaban J connectivity index is 1.81. The van der Waals surface area contributed by atoms with Crippen molar-refractivity contribution in [2.45, 2.75) is 18.9 Å². The molecule has 0 bridgehead atoms. The van der Waals surface area contributed by atoms with Gasteiger partial charge in [-0.25, -0.2) is 0 Å². The van der Waals surface area contributed by atoms with E-state index in [0.29, 0.717) is 22.2 Å². The number of aliphatic hydroxyl groups is 1. The first-order valence-electron chi connectivity index (χ1n) is 6.85. The second-order valence-corrected chi connectivity index (χ2v) is 5.90. The summed E-state index contributed by atoms with van der Waals surface area (Å²) in [6, 6.07) is 4.59. The Labute approximate surface area is 138 Å². The van der Waals surface area contributed by atoms with Crippen molar-refractivity contribution in [3.63, 3.8) is 0 Å². The number of aromatic nitrogens is 2. The summed E-state index contributed by atoms with van der Waals surface area (Å²) < 4.78 is 1.74. The van der Waals surface area contributed by atoms with Crippen LogP contribution in [0.5, 0.6) is 0 Å². The highest BCUT2D eigenvalue weighted by atomic mass is 35.5. The number of rotatable bonds is 6. The molecule has 1 atom stereocenters. The monoisotopic (exact) mass is 341 g/mol. The number of hydrogen-bond donors (Lipinski definition) is 2. The Morgan fingerprint density at radius 2 is 2.05 bits per heavy atom. The fourth-order valence-corrected chi connectivity index (χ4v) is 2.63. The smallest absolute Gasteiger partial charge is 0.253 e. The average molecular weight is 342 g/mol. The third-order valence-corrected chi connectivity index (χ3v) is 3.59. The van der Waals surface area contributed by atoms with Crippen molar-refractivity contribution >= 4 is 29.1 Å². The van der Waals surface area contributed by atoms with Crippen LogP contribution in [0.15, 0.2) is 30.6 Å². The molecule has 1 heterocycles. The van der Waals surface area contributed by atoms with Gasteiger partial charge in [0.25, 0.3) is 5.91 Å². The normalized spacial score (nSPS) is 12.2. The maximum Gasteiger partial charge on any atom is 0.253 e. The quantitative estimate of drug-likeness (QED) is 0.793. The number of aliphatic hydroxyl groups excluding tert-OH is 1. The fraction of sp³-hybridized carbons (Fsp3) is 0.333. The van der Waals surface area contributed by atoms with E-state index in [0.717, 1.165) is 18.4 Å². The van der Waals surface area contributed by atoms with Crippen molar-refractivity contribution in [2.24, 2.45) is 7.05 Å². The molecule has 1 amide bonds. The Bertz CT molecular complexity index is 638. The lowest BCUT2D eigenvalue weighted by molar-refractivity contribution is -0.129. The molecule has 0 spiro atoms. The fourth-order valence-electron chi connectivity index (χ4n) is 2.09. The second-order valence-electron chi connectivity index (χ2n) is 5.02. The second kappa shape index (κ2) is 7.63. The molecular formula is C15H17Cl2N3O2. The SMILES string of the molecule is Cn1cc(CCCNC(=O)C(O)c2cc(Cl)cc(Cl)c2)cn1. The highest BCUT2D eigenvalue weighted by molar-refractivity contribution is 6.34. The number of amides is 1. The Morgan fingerprint density at radius 1 is 1.36 bits per heavy atom. The Morgan fingerprint density at radius 3 is 2.64 bits per heavy atom. The van der Waals surface area contributed by atoms with Gasteiger partial charge in [-0.3, -0.25) is 9.48 Å². The Kier molecular flexibility index (Phi) is 5.83. The number of benzene rings is 1. The van der Waals surface area contributed by atoms with Gasteiger partial charge in [-0.05, 0) is 42.2 Å². The summed E-state index contributed by atoms with van der Waals surface area (Å²) in [5, 5.41) is 17.5. The molecule has 1 aromatic heterocycles. The molecule has 2 aromatic rings. The minimum absolute atomic E-state index is 0.377. The molecule has 0 radical (unpaired) electrons. The van der Waals surface area contributed by atoms with Crippen molar-refractivity contribution in [1.82, 2.24) is 15.1 Å². The van der Waals surface area contributed by atoms with Crippen molar-refractivity contribution in [2.75, 3.05) is 6.54 Å². The third-order valence-electron chi connectivity index (χ3n) is 3.15. The van der Waals surface area contributed by atoms with E-state index in [-0.39, 0.29) is 0 Å². The van der Waals surface area contributed by atoms with Gasteiger partial charge in [-0.1, -0.05) is 23.2 Å². The standard InChI is InChI=1S/C15H17Cl2N3O2/c1-20-9-10(8-19-20)3-2-4-18-15(22)14(21)11-5-12(16)7-13(17)6-11/h5-9,14,21H,2-4H2,1H3,(H,18,22). The van der Waals surface area contributed by atoms with Gasteiger partial charge in [0.05, 0.1) is 6.20 Å². The molecule has 1 aromatic carbocycles. The molecule has 0 saturated heterocycles. The first-order chi connectivity index (χ1) is 10.5. The van der Waals surface area contributed by atoms with Crippen LogP contribution in [0.4, 0.5) is 0 Å². The van der Waals surface area contributed by atoms with E-state index in [9.17, 15) is 9.90 Å². The summed E-state index contributed by atoms with van der Waals surface area (Å²) in [6.07, 6.45) is 4.03. The third kappa shape index (κ3) is 4.73. The van der Waals surface area contributed by atoms with Gasteiger partial charge in [0.1, 0.15) is 0 Å². The lowest BCUT2D eigenvalue weighted by Crippen LogP contribution is -2.30. The first-order valence-corrected chi connectivity index (χ1v) is 7.60. The molecule has 1 unspecified atom stereocenters. The van der Waals surface area contributed by atoms with Gasteiger partial charge in [-0.15, -0.1) is 0 Å². The summed E-state index contributed by atoms with van der Waals surface area (Å²) in [5.41, 5.74) is 1.49. The van der Waals surface area contributed by atoms with E-state index >= 15 is 0 Å². The summed E-state index contributed by atoms with van der Waals surface area (Å²) >= 11 is 11.7. The molecule has 2 rings (SSSR count). The van der Waals surface area contributed by atoms with Gasteiger partial charge < -0.3 is 10.4 Å². The molecule has 0 aliphatic rings. The molecule has 2 N–H and O–H groups in total. The molecule has 0 aliphatic heterocycles. The summed E-state index contributed by atoms with van der Waals surface area (Å²) in [7, 11) is 1.86. The largest absolute Gasteiger partial charge is 0.378 e. The van der Waals surface area contributed by atoms with Crippen LogP contribution in [0.2, 0.25) is 10.0 Å². The van der Waals surface area contributed by atoms with Gasteiger partial charge in [0, 0.05) is 29.8 Å². The first kappa shape index (κ1) is 16.8. The molecule has 7 heteroatoms. The van der Waals surface area contributed by atoms with Gasteiger partial charge in [-0.2, -0.15) is 5.10 Å². The zero-order valence-corrected chi connectivity index (χ0v) is 13.6. The number of nitrogens with zero attached hydrogens (tertiary/aromatic N) is 2. The molecule has 118 valence electrons. The van der Waals surface area contributed by atoms with Crippen LogP contribution in [0.3, 0.4) is 0 Å². The number of halogens is 2. The van der Waals surface area contributed by atoms with Crippen molar-refractivity contribution in [3.05, 3.63) is 51.8 Å². The summed E-state index contributed by atoms with van der Waals surface area (Å²) in [6.45, 7) is 0.471. The highest BCUT2D eigenvalue weighted by Crippen LogP contribution is 2.23. The van der Waals surface area contributed by atoms with E-state index in [4.69, 9.17) is 23.2 Å². The number of carbonyl (C=O) groups excluding carboxylic acids is 1. The van der Waals surface area contributed by atoms with E-state index in [1.807, 2.05) is 13.2 Å². The number of carbonyl (C=O) groups is 1. The summed E-state index contributed by atoms with van der Waals surface area (Å²) in [4.78, 5) is 11.9. The van der Waals surface area contributed by atoms with E-state index in [1.54, 1.807) is 16.9 Å². The highest BCUT2D eigenvalue weighted by Gasteiger charge is 2.17. The number of hydrogen-bond acceptors (Lipinski definition) is 3. The van der Waals surface area contributed by atoms with Crippen molar-refractivity contribution in [1.29, 1.82) is 0 Å². The zero-order valence-electron chi connectivity index (χ0n) is 12.1. The topological polar surface area (TPSA) is 67.2 Å². The van der Waals surface area contributed by atoms with Gasteiger partial charge >= 0.3 is 0 Å². The molecule has 0 fully saturated rings. The maximum atomic E-state index is 11.9. The minimum atomic E-state index is -1.28. The van der Waals surface area contributed by atoms with Crippen molar-refractivity contribution < 1.29 is 9.90 Å². The lowest BCUT2D eigenvalue weighted by atomic mass is 10.1. The van der Waals surface area contributed by atoms with E-state index in [2.05, 4.69) is 10.4 Å². The van der Waals surface area contributed by atoms with Crippen molar-refractivity contribution in [3.8, 4) is 0 Å². The minimum Gasteiger partial charge on any atom is -0.378 e. The lowest BCUT2D eigenvalue weighted by Gasteiger charge is -2.12. The zero-order chi connectivity index (χ0) is 16.1. The van der Waals surface area contributed by atoms with Crippen LogP contribution in [0.1, 0.15) is 23.7 Å². The molecule has 22 heavy (non-hydrogen) atoms. The molecular weight excluding hydrogens is 325 g/mol. The summed E-state index contributed by atoms with van der Waals surface area (Å²) in [5.74, 6) is -0.468. The van der Waals surface area contributed by atoms with E-state index in [1.165, 1.54) is 12.1 Å². The molecule has 0 saturated carbocycles. The van der Waals surface area contributed by atoms with Crippen LogP contribution in [-0.2, 0) is 18.3 Å². The number of aryl methyl sites for hydroxylation is 2. The van der Waals surface area contributed by atoms with Crippen LogP contribution in [0, 0.1) is 0 Å². The van der Waals surface area contributed by atoms with Gasteiger partial charge in [0.2, 0.25) is 0 Å². The van der Waals surface area contributed by atoms with Crippen LogP contribution < -0.4 is 5.32 Å². The molecule has 0 aliphatic carbocycles.